The molecule has 4 heteroatoms. The molecule has 1 saturated heterocycles. The molecule has 0 aliphatic carbocycles. The number of hydrogen-bond donors (Lipinski definition) is 1. The summed E-state index contributed by atoms with van der Waals surface area (Å²) in [6.45, 7) is 2.02. The normalized spacial score (nSPS) is 21.0. The molecule has 1 aromatic rings. The van der Waals surface area contributed by atoms with E-state index in [0.29, 0.717) is 6.04 Å². The van der Waals surface area contributed by atoms with E-state index in [1.54, 1.807) is 0 Å². The van der Waals surface area contributed by atoms with Crippen LogP contribution in [0, 0.1) is 0 Å². The van der Waals surface area contributed by atoms with Gasteiger partial charge in [-0.1, -0.05) is 0 Å². The Balaban J connectivity index is 2.17. The Labute approximate surface area is 89.1 Å². The first-order valence-corrected chi connectivity index (χ1v) is 6.29. The molecule has 0 spiro atoms. The Hall–Kier alpha value is -0.480. The first-order valence-electron chi connectivity index (χ1n) is 5.14. The van der Waals surface area contributed by atoms with Gasteiger partial charge in [-0.15, -0.1) is 0 Å². The highest BCUT2D eigenvalue weighted by Crippen LogP contribution is 2.28. The Morgan fingerprint density at radius 2 is 2.29 bits per heavy atom. The maximum Gasteiger partial charge on any atom is 0.0951 e. The summed E-state index contributed by atoms with van der Waals surface area (Å²) in [6.07, 6.45) is 6.33. The Kier molecular flexibility index (Phi) is 3.13. The zero-order valence-electron chi connectivity index (χ0n) is 8.52. The molecule has 2 rings (SSSR count). The van der Waals surface area contributed by atoms with Gasteiger partial charge >= 0.3 is 0 Å². The van der Waals surface area contributed by atoms with Gasteiger partial charge in [-0.25, -0.2) is 4.98 Å². The molecular formula is C10H17N3S. The lowest BCUT2D eigenvalue weighted by molar-refractivity contribution is 0.447. The number of aromatic nitrogens is 2. The summed E-state index contributed by atoms with van der Waals surface area (Å²) in [7, 11) is 0. The molecule has 78 valence electrons. The van der Waals surface area contributed by atoms with Gasteiger partial charge in [0.05, 0.1) is 12.0 Å². The first-order chi connectivity index (χ1) is 6.79. The third-order valence-corrected chi connectivity index (χ3v) is 3.80. The molecule has 1 fully saturated rings. The molecule has 1 atom stereocenters. The van der Waals surface area contributed by atoms with Crippen LogP contribution < -0.4 is 5.73 Å². The molecule has 2 N–H and O–H groups in total. The van der Waals surface area contributed by atoms with Crippen LogP contribution in [0.1, 0.15) is 37.5 Å². The zero-order valence-corrected chi connectivity index (χ0v) is 9.33. The third-order valence-electron chi connectivity index (χ3n) is 2.75. The summed E-state index contributed by atoms with van der Waals surface area (Å²) >= 11 is 2.05. The predicted octanol–water partition coefficient (Wildman–Crippen LogP) is 1.97. The third kappa shape index (κ3) is 1.96. The molecule has 1 aromatic heterocycles. The first kappa shape index (κ1) is 10.1. The molecule has 1 aliphatic heterocycles. The topological polar surface area (TPSA) is 43.8 Å². The lowest BCUT2D eigenvalue weighted by Gasteiger charge is -2.25. The summed E-state index contributed by atoms with van der Waals surface area (Å²) in [5.74, 6) is 2.53. The second kappa shape index (κ2) is 4.36. The standard InChI is InChI=1S/C10H17N3S/c1-8(11)10-6-12-7-13(10)9-2-4-14-5-3-9/h6-9H,2-5,11H2,1H3/t8-/m1/s1. The fraction of sp³-hybridized carbons (Fsp3) is 0.700. The van der Waals surface area contributed by atoms with Gasteiger partial charge in [0, 0.05) is 18.3 Å². The molecule has 3 nitrogen and oxygen atoms in total. The maximum atomic E-state index is 5.90. The minimum Gasteiger partial charge on any atom is -0.330 e. The van der Waals surface area contributed by atoms with E-state index >= 15 is 0 Å². The van der Waals surface area contributed by atoms with E-state index in [0.717, 1.165) is 0 Å². The van der Waals surface area contributed by atoms with E-state index in [4.69, 9.17) is 5.73 Å². The van der Waals surface area contributed by atoms with E-state index in [-0.39, 0.29) is 6.04 Å². The Morgan fingerprint density at radius 3 is 2.93 bits per heavy atom. The fourth-order valence-corrected chi connectivity index (χ4v) is 3.02. The minimum absolute atomic E-state index is 0.0899. The highest BCUT2D eigenvalue weighted by Gasteiger charge is 2.18. The van der Waals surface area contributed by atoms with Gasteiger partial charge in [-0.3, -0.25) is 0 Å². The summed E-state index contributed by atoms with van der Waals surface area (Å²) in [4.78, 5) is 4.19. The average molecular weight is 211 g/mol. The van der Waals surface area contributed by atoms with Crippen LogP contribution in [0.15, 0.2) is 12.5 Å². The van der Waals surface area contributed by atoms with Crippen molar-refractivity contribution in [3.63, 3.8) is 0 Å². The van der Waals surface area contributed by atoms with Gasteiger partial charge < -0.3 is 10.3 Å². The van der Waals surface area contributed by atoms with Crippen LogP contribution >= 0.6 is 11.8 Å². The second-order valence-corrected chi connectivity index (χ2v) is 5.08. The van der Waals surface area contributed by atoms with Crippen molar-refractivity contribution in [3.8, 4) is 0 Å². The van der Waals surface area contributed by atoms with Gasteiger partial charge in [0.25, 0.3) is 0 Å². The number of nitrogens with zero attached hydrogens (tertiary/aromatic N) is 2. The van der Waals surface area contributed by atoms with Crippen molar-refractivity contribution < 1.29 is 0 Å². The van der Waals surface area contributed by atoms with Gasteiger partial charge in [-0.05, 0) is 31.3 Å². The molecule has 2 heterocycles. The van der Waals surface area contributed by atoms with Crippen LogP contribution in [-0.2, 0) is 0 Å². The lowest BCUT2D eigenvalue weighted by atomic mass is 10.1. The largest absolute Gasteiger partial charge is 0.330 e. The van der Waals surface area contributed by atoms with Crippen LogP contribution in [0.4, 0.5) is 0 Å². The van der Waals surface area contributed by atoms with Crippen LogP contribution in [0.3, 0.4) is 0 Å². The molecular weight excluding hydrogens is 194 g/mol. The Bertz CT molecular complexity index is 289. The van der Waals surface area contributed by atoms with Crippen molar-refractivity contribution in [1.29, 1.82) is 0 Å². The van der Waals surface area contributed by atoms with Crippen LogP contribution in [-0.4, -0.2) is 21.1 Å². The average Bonchev–Trinajstić information content (AvgIpc) is 2.67. The number of nitrogens with two attached hydrogens (primary N) is 1. The van der Waals surface area contributed by atoms with Gasteiger partial charge in [0.1, 0.15) is 0 Å². The van der Waals surface area contributed by atoms with Crippen molar-refractivity contribution in [2.24, 2.45) is 5.73 Å². The van der Waals surface area contributed by atoms with Crippen molar-refractivity contribution in [3.05, 3.63) is 18.2 Å². The molecule has 0 aromatic carbocycles. The molecule has 0 saturated carbocycles. The monoisotopic (exact) mass is 211 g/mol. The quantitative estimate of drug-likeness (QED) is 0.813. The van der Waals surface area contributed by atoms with Crippen molar-refractivity contribution in [2.75, 3.05) is 11.5 Å². The van der Waals surface area contributed by atoms with Crippen molar-refractivity contribution in [2.45, 2.75) is 31.8 Å². The Morgan fingerprint density at radius 1 is 1.57 bits per heavy atom. The molecule has 1 aliphatic rings. The summed E-state index contributed by atoms with van der Waals surface area (Å²) in [6, 6.07) is 0.715. The number of rotatable bonds is 2. The van der Waals surface area contributed by atoms with E-state index in [2.05, 4.69) is 9.55 Å². The summed E-state index contributed by atoms with van der Waals surface area (Å²) in [5.41, 5.74) is 7.07. The smallest absolute Gasteiger partial charge is 0.0951 e. The van der Waals surface area contributed by atoms with Crippen molar-refractivity contribution in [1.82, 2.24) is 9.55 Å². The molecule has 0 unspecified atom stereocenters. The molecule has 0 amide bonds. The summed E-state index contributed by atoms with van der Waals surface area (Å²) in [5, 5.41) is 0. The van der Waals surface area contributed by atoms with Gasteiger partial charge in [0.15, 0.2) is 0 Å². The van der Waals surface area contributed by atoms with E-state index in [9.17, 15) is 0 Å². The van der Waals surface area contributed by atoms with Crippen molar-refractivity contribution >= 4 is 11.8 Å². The summed E-state index contributed by atoms with van der Waals surface area (Å²) < 4.78 is 2.27. The molecule has 0 bridgehead atoms. The molecule has 14 heavy (non-hydrogen) atoms. The highest BCUT2D eigenvalue weighted by atomic mass is 32.2. The fourth-order valence-electron chi connectivity index (χ4n) is 1.94. The minimum atomic E-state index is 0.0899. The number of hydrogen-bond acceptors (Lipinski definition) is 3. The molecule has 0 radical (unpaired) electrons. The number of thioether (sulfide) groups is 1. The van der Waals surface area contributed by atoms with E-state index in [1.807, 2.05) is 31.2 Å². The van der Waals surface area contributed by atoms with Gasteiger partial charge in [-0.2, -0.15) is 11.8 Å². The lowest BCUT2D eigenvalue weighted by Crippen LogP contribution is -2.19. The van der Waals surface area contributed by atoms with E-state index in [1.165, 1.54) is 30.0 Å². The SMILES string of the molecule is C[C@@H](N)c1cncn1C1CCSCC1. The van der Waals surface area contributed by atoms with Crippen LogP contribution in [0.25, 0.3) is 0 Å². The van der Waals surface area contributed by atoms with Crippen LogP contribution in [0.2, 0.25) is 0 Å². The van der Waals surface area contributed by atoms with E-state index < -0.39 is 0 Å². The maximum absolute atomic E-state index is 5.90. The van der Waals surface area contributed by atoms with Gasteiger partial charge in [0.2, 0.25) is 0 Å². The second-order valence-electron chi connectivity index (χ2n) is 3.86. The highest BCUT2D eigenvalue weighted by molar-refractivity contribution is 7.99. The zero-order chi connectivity index (χ0) is 9.97. The number of imidazole rings is 1. The predicted molar refractivity (Wildman–Crippen MR) is 60.4 cm³/mol. The van der Waals surface area contributed by atoms with Crippen LogP contribution in [0.5, 0.6) is 0 Å².